The van der Waals surface area contributed by atoms with E-state index in [2.05, 4.69) is 5.32 Å². The fourth-order valence-corrected chi connectivity index (χ4v) is 1.62. The molecule has 1 amide bonds. The van der Waals surface area contributed by atoms with E-state index in [0.29, 0.717) is 11.3 Å². The monoisotopic (exact) mass is 240 g/mol. The number of furan rings is 1. The summed E-state index contributed by atoms with van der Waals surface area (Å²) in [5, 5.41) is 11.6. The van der Waals surface area contributed by atoms with Gasteiger partial charge in [0, 0.05) is 5.56 Å². The van der Waals surface area contributed by atoms with Gasteiger partial charge in [-0.1, -0.05) is 17.7 Å². The Morgan fingerprint density at radius 3 is 2.83 bits per heavy atom. The quantitative estimate of drug-likeness (QED) is 0.896. The average molecular weight is 240 g/mol. The molecule has 2 rings (SSSR count). The van der Waals surface area contributed by atoms with Gasteiger partial charge in [-0.25, -0.2) is 0 Å². The number of amides is 1. The first-order chi connectivity index (χ1) is 8.70. The fourth-order valence-electron chi connectivity index (χ4n) is 1.62. The van der Waals surface area contributed by atoms with Crippen molar-refractivity contribution in [3.63, 3.8) is 0 Å². The van der Waals surface area contributed by atoms with Gasteiger partial charge in [-0.05, 0) is 31.2 Å². The van der Waals surface area contributed by atoms with E-state index in [1.165, 1.54) is 6.26 Å². The molecule has 1 aromatic heterocycles. The highest BCUT2D eigenvalue weighted by Gasteiger charge is 2.17. The van der Waals surface area contributed by atoms with E-state index in [9.17, 15) is 4.79 Å². The summed E-state index contributed by atoms with van der Waals surface area (Å²) in [7, 11) is 0. The van der Waals surface area contributed by atoms with Crippen LogP contribution in [0, 0.1) is 18.3 Å². The Hall–Kier alpha value is -2.54. The molecule has 0 aliphatic heterocycles. The minimum absolute atomic E-state index is 0.290. The molecule has 0 aliphatic carbocycles. The Labute approximate surface area is 105 Å². The number of nitriles is 1. The zero-order chi connectivity index (χ0) is 13.0. The van der Waals surface area contributed by atoms with E-state index >= 15 is 0 Å². The molecule has 1 unspecified atom stereocenters. The second kappa shape index (κ2) is 5.19. The summed E-state index contributed by atoms with van der Waals surface area (Å²) in [5.41, 5.74) is 1.52. The molecule has 1 N–H and O–H groups in total. The number of nitrogens with zero attached hydrogens (tertiary/aromatic N) is 1. The first kappa shape index (κ1) is 11.9. The van der Waals surface area contributed by atoms with Crippen LogP contribution in [0.4, 0.5) is 0 Å². The summed E-state index contributed by atoms with van der Waals surface area (Å²) in [4.78, 5) is 12.0. The number of carbonyl (C=O) groups excluding carboxylic acids is 1. The van der Waals surface area contributed by atoms with Crippen molar-refractivity contribution >= 4 is 5.91 Å². The van der Waals surface area contributed by atoms with Gasteiger partial charge in [-0.15, -0.1) is 0 Å². The zero-order valence-electron chi connectivity index (χ0n) is 9.88. The molecule has 4 heteroatoms. The molecule has 18 heavy (non-hydrogen) atoms. The predicted octanol–water partition coefficient (Wildman–Crippen LogP) is 2.58. The fraction of sp³-hybridized carbons (Fsp3) is 0.143. The first-order valence-corrected chi connectivity index (χ1v) is 5.51. The topological polar surface area (TPSA) is 66.0 Å². The van der Waals surface area contributed by atoms with E-state index in [0.717, 1.165) is 5.56 Å². The van der Waals surface area contributed by atoms with Crippen molar-refractivity contribution in [3.8, 4) is 6.07 Å². The Morgan fingerprint density at radius 2 is 2.22 bits per heavy atom. The largest absolute Gasteiger partial charge is 0.466 e. The third-order valence-corrected chi connectivity index (χ3v) is 2.51. The van der Waals surface area contributed by atoms with Gasteiger partial charge in [0.2, 0.25) is 0 Å². The average Bonchev–Trinajstić information content (AvgIpc) is 2.89. The molecule has 1 aromatic carbocycles. The number of hydrogen-bond donors (Lipinski definition) is 1. The van der Waals surface area contributed by atoms with Crippen LogP contribution < -0.4 is 5.32 Å². The molecule has 4 nitrogen and oxygen atoms in total. The summed E-state index contributed by atoms with van der Waals surface area (Å²) in [6.07, 6.45) is 1.47. The van der Waals surface area contributed by atoms with E-state index in [1.807, 2.05) is 19.1 Å². The molecule has 2 aromatic rings. The lowest BCUT2D eigenvalue weighted by molar-refractivity contribution is 0.0941. The van der Waals surface area contributed by atoms with Crippen LogP contribution in [0.2, 0.25) is 0 Å². The maximum absolute atomic E-state index is 12.0. The number of hydrogen-bond acceptors (Lipinski definition) is 3. The van der Waals surface area contributed by atoms with Gasteiger partial charge in [0.15, 0.2) is 6.04 Å². The predicted molar refractivity (Wildman–Crippen MR) is 65.7 cm³/mol. The highest BCUT2D eigenvalue weighted by Crippen LogP contribution is 2.13. The Morgan fingerprint density at radius 1 is 1.39 bits per heavy atom. The smallest absolute Gasteiger partial charge is 0.252 e. The minimum Gasteiger partial charge on any atom is -0.466 e. The van der Waals surface area contributed by atoms with Crippen LogP contribution in [-0.2, 0) is 0 Å². The Bertz CT molecular complexity index is 582. The number of nitrogens with one attached hydrogen (secondary N) is 1. The van der Waals surface area contributed by atoms with Crippen molar-refractivity contribution in [1.29, 1.82) is 5.26 Å². The molecule has 0 fully saturated rings. The summed E-state index contributed by atoms with van der Waals surface area (Å²) in [6, 6.07) is 11.7. The van der Waals surface area contributed by atoms with Crippen LogP contribution in [-0.4, -0.2) is 5.91 Å². The van der Waals surface area contributed by atoms with Gasteiger partial charge < -0.3 is 9.73 Å². The van der Waals surface area contributed by atoms with Crippen molar-refractivity contribution in [3.05, 3.63) is 59.5 Å². The highest BCUT2D eigenvalue weighted by atomic mass is 16.3. The van der Waals surface area contributed by atoms with Crippen LogP contribution in [0.3, 0.4) is 0 Å². The van der Waals surface area contributed by atoms with Gasteiger partial charge in [0.25, 0.3) is 5.91 Å². The number of rotatable bonds is 3. The molecule has 1 heterocycles. The van der Waals surface area contributed by atoms with Gasteiger partial charge >= 0.3 is 0 Å². The normalized spacial score (nSPS) is 11.6. The summed E-state index contributed by atoms with van der Waals surface area (Å²) in [6.45, 7) is 1.91. The third-order valence-electron chi connectivity index (χ3n) is 2.51. The van der Waals surface area contributed by atoms with Crippen LogP contribution in [0.15, 0.2) is 47.1 Å². The van der Waals surface area contributed by atoms with E-state index < -0.39 is 6.04 Å². The number of carbonyl (C=O) groups is 1. The second-order valence-corrected chi connectivity index (χ2v) is 3.92. The van der Waals surface area contributed by atoms with Crippen LogP contribution in [0.1, 0.15) is 27.7 Å². The molecule has 0 spiro atoms. The lowest BCUT2D eigenvalue weighted by Gasteiger charge is -2.09. The molecule has 1 atom stereocenters. The minimum atomic E-state index is -0.770. The summed E-state index contributed by atoms with van der Waals surface area (Å²) >= 11 is 0. The standard InChI is InChI=1S/C14H12N2O2/c1-10-4-2-5-11(8-10)14(17)16-12(9-15)13-6-3-7-18-13/h2-8,12H,1H3,(H,16,17). The Balaban J connectivity index is 2.14. The molecular weight excluding hydrogens is 228 g/mol. The Kier molecular flexibility index (Phi) is 3.44. The third kappa shape index (κ3) is 2.58. The van der Waals surface area contributed by atoms with Crippen LogP contribution >= 0.6 is 0 Å². The van der Waals surface area contributed by atoms with E-state index in [4.69, 9.17) is 9.68 Å². The van der Waals surface area contributed by atoms with Crippen LogP contribution in [0.5, 0.6) is 0 Å². The van der Waals surface area contributed by atoms with Crippen LogP contribution in [0.25, 0.3) is 0 Å². The second-order valence-electron chi connectivity index (χ2n) is 3.92. The first-order valence-electron chi connectivity index (χ1n) is 5.51. The van der Waals surface area contributed by atoms with Crippen molar-refractivity contribution < 1.29 is 9.21 Å². The maximum atomic E-state index is 12.0. The lowest BCUT2D eigenvalue weighted by Crippen LogP contribution is -2.27. The molecule has 0 bridgehead atoms. The van der Waals surface area contributed by atoms with Gasteiger partial charge in [0.05, 0.1) is 12.3 Å². The van der Waals surface area contributed by atoms with Crippen molar-refractivity contribution in [2.24, 2.45) is 0 Å². The molecule has 0 radical (unpaired) electrons. The molecule has 90 valence electrons. The van der Waals surface area contributed by atoms with Gasteiger partial charge in [-0.2, -0.15) is 5.26 Å². The maximum Gasteiger partial charge on any atom is 0.252 e. The van der Waals surface area contributed by atoms with Crippen molar-refractivity contribution in [2.45, 2.75) is 13.0 Å². The van der Waals surface area contributed by atoms with E-state index in [1.54, 1.807) is 30.3 Å². The zero-order valence-corrected chi connectivity index (χ0v) is 9.88. The molecule has 0 saturated heterocycles. The van der Waals surface area contributed by atoms with E-state index in [-0.39, 0.29) is 5.91 Å². The molecule has 0 saturated carbocycles. The summed E-state index contributed by atoms with van der Waals surface area (Å²) < 4.78 is 5.11. The molecule has 0 aliphatic rings. The summed E-state index contributed by atoms with van der Waals surface area (Å²) in [5.74, 6) is 0.139. The molecular formula is C14H12N2O2. The number of aryl methyl sites for hydroxylation is 1. The van der Waals surface area contributed by atoms with Gasteiger partial charge in [-0.3, -0.25) is 4.79 Å². The van der Waals surface area contributed by atoms with Crippen molar-refractivity contribution in [1.82, 2.24) is 5.32 Å². The lowest BCUT2D eigenvalue weighted by atomic mass is 10.1. The SMILES string of the molecule is Cc1cccc(C(=O)NC(C#N)c2ccco2)c1. The highest BCUT2D eigenvalue weighted by molar-refractivity contribution is 5.94. The van der Waals surface area contributed by atoms with Crippen molar-refractivity contribution in [2.75, 3.05) is 0 Å². The van der Waals surface area contributed by atoms with Gasteiger partial charge in [0.1, 0.15) is 5.76 Å². The number of benzene rings is 1.